The zero-order valence-electron chi connectivity index (χ0n) is 19.2. The molecule has 1 aliphatic rings. The molecule has 2 heterocycles. The van der Waals surface area contributed by atoms with Crippen molar-refractivity contribution in [3.63, 3.8) is 0 Å². The summed E-state index contributed by atoms with van der Waals surface area (Å²) in [5, 5.41) is 9.87. The lowest BCUT2D eigenvalue weighted by Gasteiger charge is -2.25. The van der Waals surface area contributed by atoms with Crippen LogP contribution in [-0.2, 0) is 9.53 Å². The van der Waals surface area contributed by atoms with Crippen molar-refractivity contribution in [2.24, 2.45) is 4.99 Å². The fourth-order valence-electron chi connectivity index (χ4n) is 3.85. The van der Waals surface area contributed by atoms with Crippen LogP contribution in [0.4, 0.5) is 0 Å². The summed E-state index contributed by atoms with van der Waals surface area (Å²) in [4.78, 5) is 31.6. The number of benzene rings is 2. The average Bonchev–Trinajstić information content (AvgIpc) is 3.13. The summed E-state index contributed by atoms with van der Waals surface area (Å²) < 4.78 is 17.8. The number of carbonyl (C=O) groups is 1. The maximum Gasteiger partial charge on any atom is 0.338 e. The first-order valence-electron chi connectivity index (χ1n) is 10.6. The molecule has 4 rings (SSSR count). The Morgan fingerprint density at radius 2 is 2.00 bits per heavy atom. The number of nitrogens with zero attached hydrogens (tertiary/aromatic N) is 2. The number of esters is 1. The minimum absolute atomic E-state index is 0.00818. The third-order valence-electron chi connectivity index (χ3n) is 5.43. The molecule has 1 aromatic heterocycles. The van der Waals surface area contributed by atoms with Gasteiger partial charge in [0.1, 0.15) is 5.75 Å². The highest BCUT2D eigenvalue weighted by Crippen LogP contribution is 2.32. The van der Waals surface area contributed by atoms with E-state index in [2.05, 4.69) is 4.99 Å². The number of aromatic nitrogens is 1. The van der Waals surface area contributed by atoms with Gasteiger partial charge >= 0.3 is 5.97 Å². The van der Waals surface area contributed by atoms with Gasteiger partial charge in [-0.3, -0.25) is 9.36 Å². The molecular formula is C25H24N2O6S. The molecule has 9 heteroatoms. The van der Waals surface area contributed by atoms with Crippen molar-refractivity contribution >= 4 is 23.4 Å². The molecular weight excluding hydrogens is 456 g/mol. The van der Waals surface area contributed by atoms with Crippen molar-refractivity contribution in [2.45, 2.75) is 19.9 Å². The van der Waals surface area contributed by atoms with Crippen LogP contribution in [0.2, 0.25) is 0 Å². The Morgan fingerprint density at radius 3 is 2.71 bits per heavy atom. The van der Waals surface area contributed by atoms with Crippen LogP contribution in [-0.4, -0.2) is 36.5 Å². The van der Waals surface area contributed by atoms with Gasteiger partial charge in [0.25, 0.3) is 5.56 Å². The summed E-state index contributed by atoms with van der Waals surface area (Å²) in [6.07, 6.45) is 1.71. The number of rotatable bonds is 6. The van der Waals surface area contributed by atoms with Crippen LogP contribution in [0, 0.1) is 0 Å². The maximum absolute atomic E-state index is 13.6. The molecule has 176 valence electrons. The van der Waals surface area contributed by atoms with Crippen LogP contribution in [0.15, 0.2) is 63.5 Å². The molecule has 0 unspecified atom stereocenters. The normalized spacial score (nSPS) is 15.5. The van der Waals surface area contributed by atoms with Gasteiger partial charge in [-0.1, -0.05) is 29.5 Å². The Labute approximate surface area is 199 Å². The molecule has 0 radical (unpaired) electrons. The van der Waals surface area contributed by atoms with Gasteiger partial charge in [0.15, 0.2) is 16.3 Å². The van der Waals surface area contributed by atoms with Crippen LogP contribution in [0.1, 0.15) is 31.0 Å². The highest BCUT2D eigenvalue weighted by Gasteiger charge is 2.33. The monoisotopic (exact) mass is 480 g/mol. The van der Waals surface area contributed by atoms with Gasteiger partial charge in [-0.2, -0.15) is 0 Å². The second-order valence-corrected chi connectivity index (χ2v) is 8.52. The number of methoxy groups -OCH3 is 2. The maximum atomic E-state index is 13.6. The van der Waals surface area contributed by atoms with Crippen molar-refractivity contribution in [3.8, 4) is 17.2 Å². The fraction of sp³-hybridized carbons (Fsp3) is 0.240. The van der Waals surface area contributed by atoms with Crippen LogP contribution < -0.4 is 24.4 Å². The Hall–Kier alpha value is -3.85. The minimum Gasteiger partial charge on any atom is -0.504 e. The number of ether oxygens (including phenoxy) is 3. The van der Waals surface area contributed by atoms with E-state index in [1.807, 2.05) is 12.1 Å². The molecule has 0 saturated carbocycles. The van der Waals surface area contributed by atoms with Crippen molar-refractivity contribution in [3.05, 3.63) is 84.5 Å². The van der Waals surface area contributed by atoms with Gasteiger partial charge in [0.2, 0.25) is 0 Å². The Morgan fingerprint density at radius 1 is 1.21 bits per heavy atom. The molecule has 0 bridgehead atoms. The van der Waals surface area contributed by atoms with Gasteiger partial charge < -0.3 is 19.3 Å². The molecule has 1 N–H and O–H groups in total. The predicted molar refractivity (Wildman–Crippen MR) is 128 cm³/mol. The lowest BCUT2D eigenvalue weighted by atomic mass is 9.95. The first-order chi connectivity index (χ1) is 16.4. The number of hydrogen-bond acceptors (Lipinski definition) is 8. The van der Waals surface area contributed by atoms with Crippen LogP contribution in [0.3, 0.4) is 0 Å². The molecule has 3 aromatic rings. The topological polar surface area (TPSA) is 99.4 Å². The quantitative estimate of drug-likeness (QED) is 0.545. The number of carbonyl (C=O) groups excluding carboxylic acids is 1. The smallest absolute Gasteiger partial charge is 0.338 e. The molecule has 0 spiro atoms. The Balaban J connectivity index is 1.95. The highest BCUT2D eigenvalue weighted by atomic mass is 32.1. The molecule has 0 saturated heterocycles. The molecule has 0 aliphatic carbocycles. The van der Waals surface area contributed by atoms with Crippen molar-refractivity contribution < 1.29 is 24.1 Å². The molecule has 0 fully saturated rings. The third-order valence-corrected chi connectivity index (χ3v) is 6.41. The van der Waals surface area contributed by atoms with Crippen molar-refractivity contribution in [1.29, 1.82) is 0 Å². The van der Waals surface area contributed by atoms with Crippen LogP contribution in [0.25, 0.3) is 6.08 Å². The summed E-state index contributed by atoms with van der Waals surface area (Å²) in [6.45, 7) is 3.67. The SMILES string of the molecule is CCOC(=O)C1=C(C)N=c2s/c(=C\c3ccc(O)c(OC)c3)c(=O)n2[C@@H]1c1cccc(OC)c1. The first kappa shape index (κ1) is 23.3. The summed E-state index contributed by atoms with van der Waals surface area (Å²) in [5.41, 5.74) is 1.89. The van der Waals surface area contributed by atoms with E-state index in [9.17, 15) is 14.7 Å². The number of phenolic OH excluding ortho intramolecular Hbond substituents is 1. The van der Waals surface area contributed by atoms with Gasteiger partial charge in [-0.05, 0) is 55.3 Å². The van der Waals surface area contributed by atoms with Crippen LogP contribution in [0.5, 0.6) is 17.2 Å². The third kappa shape index (κ3) is 4.22. The lowest BCUT2D eigenvalue weighted by molar-refractivity contribution is -0.139. The zero-order chi connectivity index (χ0) is 24.4. The summed E-state index contributed by atoms with van der Waals surface area (Å²) in [5.74, 6) is 0.396. The molecule has 34 heavy (non-hydrogen) atoms. The second kappa shape index (κ2) is 9.56. The average molecular weight is 481 g/mol. The standard InChI is InChI=1S/C25H24N2O6S/c1-5-33-24(30)21-14(2)26-25-27(22(21)16-7-6-8-17(13-16)31-3)23(29)20(34-25)12-15-9-10-18(28)19(11-15)32-4/h6-13,22,28H,5H2,1-4H3/b20-12-/t22-/m1/s1. The summed E-state index contributed by atoms with van der Waals surface area (Å²) in [6, 6.07) is 11.4. The Kier molecular flexibility index (Phi) is 6.56. The number of thiazole rings is 1. The van der Waals surface area contributed by atoms with Gasteiger partial charge in [0, 0.05) is 0 Å². The second-order valence-electron chi connectivity index (χ2n) is 7.51. The number of fused-ring (bicyclic) bond motifs is 1. The molecule has 0 amide bonds. The summed E-state index contributed by atoms with van der Waals surface area (Å²) in [7, 11) is 3.02. The number of phenols is 1. The predicted octanol–water partition coefficient (Wildman–Crippen LogP) is 2.52. The van der Waals surface area contributed by atoms with E-state index in [1.54, 1.807) is 51.3 Å². The fourth-order valence-corrected chi connectivity index (χ4v) is 4.90. The number of aromatic hydroxyl groups is 1. The van der Waals surface area contributed by atoms with E-state index >= 15 is 0 Å². The van der Waals surface area contributed by atoms with E-state index in [0.29, 0.717) is 43.2 Å². The van der Waals surface area contributed by atoms with Gasteiger partial charge in [-0.25, -0.2) is 9.79 Å². The van der Waals surface area contributed by atoms with E-state index in [4.69, 9.17) is 14.2 Å². The van der Waals surface area contributed by atoms with Crippen LogP contribution >= 0.6 is 11.3 Å². The van der Waals surface area contributed by atoms with E-state index in [0.717, 1.165) is 0 Å². The number of allylic oxidation sites excluding steroid dienone is 1. The molecule has 8 nitrogen and oxygen atoms in total. The van der Waals surface area contributed by atoms with Gasteiger partial charge in [0.05, 0.1) is 42.7 Å². The number of hydrogen-bond donors (Lipinski definition) is 1. The van der Waals surface area contributed by atoms with E-state index < -0.39 is 12.0 Å². The molecule has 1 atom stereocenters. The Bertz CT molecular complexity index is 1470. The van der Waals surface area contributed by atoms with E-state index in [1.165, 1.54) is 29.1 Å². The van der Waals surface area contributed by atoms with E-state index in [-0.39, 0.29) is 17.9 Å². The molecule has 1 aliphatic heterocycles. The van der Waals surface area contributed by atoms with Gasteiger partial charge in [-0.15, -0.1) is 0 Å². The largest absolute Gasteiger partial charge is 0.504 e. The van der Waals surface area contributed by atoms with Crippen molar-refractivity contribution in [2.75, 3.05) is 20.8 Å². The summed E-state index contributed by atoms with van der Waals surface area (Å²) >= 11 is 1.22. The zero-order valence-corrected chi connectivity index (χ0v) is 20.0. The molecule has 2 aromatic carbocycles. The minimum atomic E-state index is -0.720. The van der Waals surface area contributed by atoms with Crippen molar-refractivity contribution in [1.82, 2.24) is 4.57 Å². The first-order valence-corrected chi connectivity index (χ1v) is 11.4. The lowest BCUT2D eigenvalue weighted by Crippen LogP contribution is -2.39. The highest BCUT2D eigenvalue weighted by molar-refractivity contribution is 7.07.